The van der Waals surface area contributed by atoms with Gasteiger partial charge < -0.3 is 4.90 Å². The minimum Gasteiger partial charge on any atom is -0.339 e. The van der Waals surface area contributed by atoms with Crippen molar-refractivity contribution in [3.05, 3.63) is 72.1 Å². The van der Waals surface area contributed by atoms with Crippen LogP contribution < -0.4 is 0 Å². The predicted molar refractivity (Wildman–Crippen MR) is 114 cm³/mol. The van der Waals surface area contributed by atoms with E-state index >= 15 is 0 Å². The van der Waals surface area contributed by atoms with Crippen molar-refractivity contribution in [2.45, 2.75) is 25.7 Å². The number of hydrogen-bond donors (Lipinski definition) is 1. The second-order valence-electron chi connectivity index (χ2n) is 7.65. The van der Waals surface area contributed by atoms with Crippen molar-refractivity contribution in [2.24, 2.45) is 0 Å². The Morgan fingerprint density at radius 2 is 1.83 bits per heavy atom. The second-order valence-corrected chi connectivity index (χ2v) is 7.65. The van der Waals surface area contributed by atoms with Gasteiger partial charge in [0.15, 0.2) is 5.82 Å². The number of amides is 1. The molecular weight excluding hydrogens is 376 g/mol. The number of nitrogens with one attached hydrogen (secondary N) is 1. The van der Waals surface area contributed by atoms with Crippen LogP contribution in [0.1, 0.15) is 40.8 Å². The van der Waals surface area contributed by atoms with Crippen molar-refractivity contribution in [3.8, 4) is 11.3 Å². The van der Waals surface area contributed by atoms with Gasteiger partial charge in [-0.05, 0) is 50.1 Å². The van der Waals surface area contributed by atoms with E-state index in [-0.39, 0.29) is 5.91 Å². The summed E-state index contributed by atoms with van der Waals surface area (Å²) >= 11 is 0. The van der Waals surface area contributed by atoms with Gasteiger partial charge in [0.25, 0.3) is 5.91 Å². The van der Waals surface area contributed by atoms with E-state index in [1.54, 1.807) is 12.4 Å². The lowest BCUT2D eigenvalue weighted by atomic mass is 9.95. The highest BCUT2D eigenvalue weighted by Gasteiger charge is 2.26. The highest BCUT2D eigenvalue weighted by atomic mass is 16.2. The van der Waals surface area contributed by atoms with Crippen molar-refractivity contribution in [1.29, 1.82) is 0 Å². The zero-order valence-corrected chi connectivity index (χ0v) is 16.7. The van der Waals surface area contributed by atoms with E-state index in [4.69, 9.17) is 0 Å². The van der Waals surface area contributed by atoms with Gasteiger partial charge in [0.1, 0.15) is 5.82 Å². The predicted octanol–water partition coefficient (Wildman–Crippen LogP) is 3.74. The van der Waals surface area contributed by atoms with E-state index < -0.39 is 0 Å². The molecule has 1 fully saturated rings. The van der Waals surface area contributed by atoms with Crippen LogP contribution in [0.3, 0.4) is 0 Å². The van der Waals surface area contributed by atoms with Gasteiger partial charge >= 0.3 is 0 Å². The fraction of sp³-hybridized carbons (Fsp3) is 0.261. The molecule has 1 aliphatic rings. The number of aryl methyl sites for hydroxylation is 1. The Morgan fingerprint density at radius 1 is 1.03 bits per heavy atom. The number of fused-ring (bicyclic) bond motifs is 1. The molecule has 0 radical (unpaired) electrons. The minimum absolute atomic E-state index is 0.0683. The summed E-state index contributed by atoms with van der Waals surface area (Å²) in [4.78, 5) is 28.3. The first-order valence-corrected chi connectivity index (χ1v) is 10.2. The third-order valence-electron chi connectivity index (χ3n) is 5.70. The van der Waals surface area contributed by atoms with E-state index in [1.165, 1.54) is 0 Å². The lowest BCUT2D eigenvalue weighted by molar-refractivity contribution is 0.0711. The average Bonchev–Trinajstić information content (AvgIpc) is 3.25. The van der Waals surface area contributed by atoms with Crippen molar-refractivity contribution < 1.29 is 4.79 Å². The van der Waals surface area contributed by atoms with Crippen molar-refractivity contribution in [3.63, 3.8) is 0 Å². The van der Waals surface area contributed by atoms with Crippen LogP contribution in [-0.4, -0.2) is 49.0 Å². The molecule has 30 heavy (non-hydrogen) atoms. The number of likely N-dealkylation sites (tertiary alicyclic amines) is 1. The first-order chi connectivity index (χ1) is 14.7. The standard InChI is InChI=1S/C23H22N6O/c1-15-26-22(28-27-15)17-9-13-29(14-10-17)23(30)18-6-4-16(5-7-18)21-19-3-2-11-24-20(19)8-12-25-21/h2-8,11-12,17H,9-10,13-14H2,1H3,(H,26,27,28). The van der Waals surface area contributed by atoms with Crippen molar-refractivity contribution in [2.75, 3.05) is 13.1 Å². The van der Waals surface area contributed by atoms with Crippen LogP contribution in [0.5, 0.6) is 0 Å². The fourth-order valence-electron chi connectivity index (χ4n) is 4.07. The summed E-state index contributed by atoms with van der Waals surface area (Å²) < 4.78 is 0. The number of carbonyl (C=O) groups excluding carboxylic acids is 1. The quantitative estimate of drug-likeness (QED) is 0.568. The van der Waals surface area contributed by atoms with Crippen LogP contribution in [0.25, 0.3) is 22.2 Å². The normalized spacial score (nSPS) is 14.9. The number of rotatable bonds is 3. The molecule has 1 amide bonds. The molecule has 0 aliphatic carbocycles. The van der Waals surface area contributed by atoms with Crippen LogP contribution in [0, 0.1) is 6.92 Å². The Kier molecular flexibility index (Phi) is 4.71. The van der Waals surface area contributed by atoms with Crippen molar-refractivity contribution >= 4 is 16.8 Å². The first kappa shape index (κ1) is 18.4. The van der Waals surface area contributed by atoms with E-state index in [2.05, 4.69) is 25.1 Å². The lowest BCUT2D eigenvalue weighted by Crippen LogP contribution is -2.38. The van der Waals surface area contributed by atoms with Gasteiger partial charge in [-0.2, -0.15) is 5.10 Å². The number of benzene rings is 1. The van der Waals surface area contributed by atoms with Gasteiger partial charge in [-0.15, -0.1) is 0 Å². The molecule has 0 unspecified atom stereocenters. The van der Waals surface area contributed by atoms with Gasteiger partial charge in [-0.3, -0.25) is 19.9 Å². The highest BCUT2D eigenvalue weighted by Crippen LogP contribution is 2.28. The molecule has 0 spiro atoms. The molecule has 5 rings (SSSR count). The maximum atomic E-state index is 13.0. The Bertz CT molecular complexity index is 1190. The van der Waals surface area contributed by atoms with Crippen molar-refractivity contribution in [1.82, 2.24) is 30.0 Å². The third kappa shape index (κ3) is 3.43. The maximum Gasteiger partial charge on any atom is 0.253 e. The van der Waals surface area contributed by atoms with Crippen LogP contribution in [0.2, 0.25) is 0 Å². The number of aromatic amines is 1. The number of aromatic nitrogens is 5. The molecule has 1 N–H and O–H groups in total. The average molecular weight is 398 g/mol. The number of pyridine rings is 2. The molecule has 4 heterocycles. The summed E-state index contributed by atoms with van der Waals surface area (Å²) in [7, 11) is 0. The van der Waals surface area contributed by atoms with E-state index in [9.17, 15) is 4.79 Å². The molecule has 0 saturated carbocycles. The fourth-order valence-corrected chi connectivity index (χ4v) is 4.07. The number of piperidine rings is 1. The van der Waals surface area contributed by atoms with Crippen LogP contribution in [0.15, 0.2) is 54.9 Å². The third-order valence-corrected chi connectivity index (χ3v) is 5.70. The van der Waals surface area contributed by atoms with Gasteiger partial charge in [-0.1, -0.05) is 12.1 Å². The summed E-state index contributed by atoms with van der Waals surface area (Å²) in [5, 5.41) is 8.19. The monoisotopic (exact) mass is 398 g/mol. The molecule has 0 bridgehead atoms. The largest absolute Gasteiger partial charge is 0.339 e. The molecule has 1 saturated heterocycles. The van der Waals surface area contributed by atoms with E-state index in [1.807, 2.05) is 54.3 Å². The Morgan fingerprint density at radius 3 is 2.57 bits per heavy atom. The van der Waals surface area contributed by atoms with Crippen LogP contribution >= 0.6 is 0 Å². The summed E-state index contributed by atoms with van der Waals surface area (Å²) in [6.45, 7) is 3.34. The lowest BCUT2D eigenvalue weighted by Gasteiger charge is -2.30. The van der Waals surface area contributed by atoms with Gasteiger partial charge in [0, 0.05) is 47.9 Å². The molecule has 7 heteroatoms. The number of carbonyl (C=O) groups is 1. The second kappa shape index (κ2) is 7.67. The number of H-pyrrole nitrogens is 1. The molecule has 4 aromatic rings. The molecule has 1 aromatic carbocycles. The SMILES string of the molecule is Cc1nc(C2CCN(C(=O)c3ccc(-c4nccc5ncccc45)cc3)CC2)n[nH]1. The molecule has 150 valence electrons. The highest BCUT2D eigenvalue weighted by molar-refractivity contribution is 5.96. The molecule has 7 nitrogen and oxygen atoms in total. The number of nitrogens with zero attached hydrogens (tertiary/aromatic N) is 5. The minimum atomic E-state index is 0.0683. The topological polar surface area (TPSA) is 87.7 Å². The molecule has 3 aromatic heterocycles. The number of hydrogen-bond acceptors (Lipinski definition) is 5. The smallest absolute Gasteiger partial charge is 0.253 e. The van der Waals surface area contributed by atoms with Crippen LogP contribution in [0.4, 0.5) is 0 Å². The Labute approximate surface area is 174 Å². The van der Waals surface area contributed by atoms with E-state index in [0.717, 1.165) is 59.7 Å². The van der Waals surface area contributed by atoms with Gasteiger partial charge in [0.05, 0.1) is 11.2 Å². The maximum absolute atomic E-state index is 13.0. The summed E-state index contributed by atoms with van der Waals surface area (Å²) in [5.74, 6) is 2.08. The van der Waals surface area contributed by atoms with Gasteiger partial charge in [-0.25, -0.2) is 4.98 Å². The van der Waals surface area contributed by atoms with Crippen LogP contribution in [-0.2, 0) is 0 Å². The summed E-state index contributed by atoms with van der Waals surface area (Å²) in [6.07, 6.45) is 5.31. The summed E-state index contributed by atoms with van der Waals surface area (Å²) in [5.41, 5.74) is 3.46. The van der Waals surface area contributed by atoms with Gasteiger partial charge in [0.2, 0.25) is 0 Å². The summed E-state index contributed by atoms with van der Waals surface area (Å²) in [6, 6.07) is 13.5. The molecular formula is C23H22N6O. The Balaban J connectivity index is 1.30. The molecule has 0 atom stereocenters. The van der Waals surface area contributed by atoms with E-state index in [0.29, 0.717) is 11.5 Å². The zero-order chi connectivity index (χ0) is 20.5. The molecule has 1 aliphatic heterocycles. The Hall–Kier alpha value is -3.61. The first-order valence-electron chi connectivity index (χ1n) is 10.2. The zero-order valence-electron chi connectivity index (χ0n) is 16.7.